The largest absolute Gasteiger partial charge is 0.488 e. The summed E-state index contributed by atoms with van der Waals surface area (Å²) in [6, 6.07) is 6.29. The lowest BCUT2D eigenvalue weighted by Crippen LogP contribution is -2.05. The van der Waals surface area contributed by atoms with E-state index in [0.29, 0.717) is 29.2 Å². The monoisotopic (exact) mass is 299 g/mol. The molecule has 3 heterocycles. The first-order valence-corrected chi connectivity index (χ1v) is 7.38. The molecule has 1 N–H and O–H groups in total. The Hall–Kier alpha value is -2.40. The zero-order chi connectivity index (χ0) is 14.4. The summed E-state index contributed by atoms with van der Waals surface area (Å²) in [6.07, 6.45) is 1.88. The molecular weight excluding hydrogens is 289 g/mol. The molecule has 3 nitrogen and oxygen atoms in total. The van der Waals surface area contributed by atoms with Gasteiger partial charge in [0.2, 0.25) is 0 Å². The summed E-state index contributed by atoms with van der Waals surface area (Å²) < 4.78 is 18.9. The lowest BCUT2D eigenvalue weighted by atomic mass is 10.0. The fourth-order valence-electron chi connectivity index (χ4n) is 2.54. The highest BCUT2D eigenvalue weighted by atomic mass is 32.1. The zero-order valence-electron chi connectivity index (χ0n) is 10.9. The highest BCUT2D eigenvalue weighted by Gasteiger charge is 2.30. The number of benzene rings is 1. The SMILES string of the molecule is O=C1Nc2cc(F)ccc2/C1=C1/C=C(c2ccsc2)CO1. The third kappa shape index (κ3) is 1.97. The molecule has 0 radical (unpaired) electrons. The second-order valence-electron chi connectivity index (χ2n) is 4.85. The molecule has 4 rings (SSSR count). The topological polar surface area (TPSA) is 38.3 Å². The van der Waals surface area contributed by atoms with E-state index < -0.39 is 0 Å². The van der Waals surface area contributed by atoms with Gasteiger partial charge in [-0.2, -0.15) is 11.3 Å². The molecule has 1 aromatic carbocycles. The van der Waals surface area contributed by atoms with Gasteiger partial charge in [-0.1, -0.05) is 0 Å². The van der Waals surface area contributed by atoms with E-state index >= 15 is 0 Å². The van der Waals surface area contributed by atoms with Crippen LogP contribution in [0.2, 0.25) is 0 Å². The maximum absolute atomic E-state index is 13.2. The van der Waals surface area contributed by atoms with Crippen molar-refractivity contribution in [1.29, 1.82) is 0 Å². The second-order valence-corrected chi connectivity index (χ2v) is 5.63. The van der Waals surface area contributed by atoms with Gasteiger partial charge in [-0.3, -0.25) is 4.79 Å². The fourth-order valence-corrected chi connectivity index (χ4v) is 3.23. The minimum absolute atomic E-state index is 0.256. The number of allylic oxidation sites excluding steroid dienone is 1. The minimum atomic E-state index is -0.373. The van der Waals surface area contributed by atoms with Crippen LogP contribution < -0.4 is 5.32 Å². The van der Waals surface area contributed by atoms with Crippen molar-refractivity contribution in [3.8, 4) is 0 Å². The van der Waals surface area contributed by atoms with Crippen molar-refractivity contribution in [2.24, 2.45) is 0 Å². The average Bonchev–Trinajstić information content (AvgIpc) is 3.15. The predicted molar refractivity (Wildman–Crippen MR) is 80.2 cm³/mol. The van der Waals surface area contributed by atoms with Crippen molar-refractivity contribution in [1.82, 2.24) is 0 Å². The standard InChI is InChI=1S/C16H10FNO2S/c17-11-1-2-12-13(6-11)18-16(19)15(12)14-5-10(7-20-14)9-3-4-21-8-9/h1-6,8H,7H2,(H,18,19)/b15-14+. The molecule has 0 saturated heterocycles. The summed E-state index contributed by atoms with van der Waals surface area (Å²) in [7, 11) is 0. The van der Waals surface area contributed by atoms with Gasteiger partial charge in [0, 0.05) is 11.1 Å². The van der Waals surface area contributed by atoms with Crippen LogP contribution in [0.3, 0.4) is 0 Å². The number of nitrogens with one attached hydrogen (secondary N) is 1. The summed E-state index contributed by atoms with van der Waals surface area (Å²) in [5, 5.41) is 6.71. The molecule has 1 amide bonds. The summed E-state index contributed by atoms with van der Waals surface area (Å²) in [4.78, 5) is 12.1. The molecule has 0 fully saturated rings. The fraction of sp³-hybridized carbons (Fsp3) is 0.0625. The number of carbonyl (C=O) groups excluding carboxylic acids is 1. The molecule has 0 saturated carbocycles. The number of thiophene rings is 1. The summed E-state index contributed by atoms with van der Waals surface area (Å²) in [6.45, 7) is 0.444. The van der Waals surface area contributed by atoms with Gasteiger partial charge in [0.1, 0.15) is 18.2 Å². The molecule has 2 aliphatic heterocycles. The van der Waals surface area contributed by atoms with Gasteiger partial charge in [0.25, 0.3) is 5.91 Å². The number of amides is 1. The van der Waals surface area contributed by atoms with Gasteiger partial charge < -0.3 is 10.1 Å². The van der Waals surface area contributed by atoms with Crippen LogP contribution in [-0.2, 0) is 9.53 Å². The van der Waals surface area contributed by atoms with E-state index in [1.165, 1.54) is 12.1 Å². The van der Waals surface area contributed by atoms with Crippen LogP contribution >= 0.6 is 11.3 Å². The highest BCUT2D eigenvalue weighted by molar-refractivity contribution is 7.08. The van der Waals surface area contributed by atoms with Crippen molar-refractivity contribution >= 4 is 34.1 Å². The third-order valence-electron chi connectivity index (χ3n) is 3.55. The first kappa shape index (κ1) is 12.3. The van der Waals surface area contributed by atoms with E-state index in [2.05, 4.69) is 5.32 Å². The van der Waals surface area contributed by atoms with Gasteiger partial charge in [0.15, 0.2) is 0 Å². The number of fused-ring (bicyclic) bond motifs is 1. The van der Waals surface area contributed by atoms with Crippen LogP contribution in [0.1, 0.15) is 11.1 Å². The van der Waals surface area contributed by atoms with E-state index in [4.69, 9.17) is 4.74 Å². The molecule has 104 valence electrons. The van der Waals surface area contributed by atoms with Gasteiger partial charge in [-0.15, -0.1) is 0 Å². The van der Waals surface area contributed by atoms with Crippen molar-refractivity contribution in [2.75, 3.05) is 11.9 Å². The molecule has 2 aliphatic rings. The number of halogens is 1. The van der Waals surface area contributed by atoms with Crippen molar-refractivity contribution < 1.29 is 13.9 Å². The van der Waals surface area contributed by atoms with Crippen molar-refractivity contribution in [3.63, 3.8) is 0 Å². The molecular formula is C16H10FNO2S. The molecule has 0 aliphatic carbocycles. The molecule has 1 aromatic heterocycles. The average molecular weight is 299 g/mol. The smallest absolute Gasteiger partial charge is 0.260 e. The van der Waals surface area contributed by atoms with Crippen LogP contribution in [0.25, 0.3) is 11.1 Å². The second kappa shape index (κ2) is 4.56. The lowest BCUT2D eigenvalue weighted by Gasteiger charge is -2.02. The predicted octanol–water partition coefficient (Wildman–Crippen LogP) is 3.66. The minimum Gasteiger partial charge on any atom is -0.488 e. The van der Waals surface area contributed by atoms with Crippen LogP contribution in [0, 0.1) is 5.82 Å². The lowest BCUT2D eigenvalue weighted by molar-refractivity contribution is -0.110. The van der Waals surface area contributed by atoms with Gasteiger partial charge in [-0.05, 0) is 46.7 Å². The number of carbonyl (C=O) groups is 1. The molecule has 2 aromatic rings. The maximum Gasteiger partial charge on any atom is 0.260 e. The summed E-state index contributed by atoms with van der Waals surface area (Å²) in [5.41, 5.74) is 3.79. The van der Waals surface area contributed by atoms with E-state index in [-0.39, 0.29) is 11.7 Å². The quantitative estimate of drug-likeness (QED) is 0.816. The third-order valence-corrected chi connectivity index (χ3v) is 4.24. The molecule has 0 bridgehead atoms. The van der Waals surface area contributed by atoms with Crippen LogP contribution in [0.15, 0.2) is 46.9 Å². The summed E-state index contributed by atoms with van der Waals surface area (Å²) in [5.74, 6) is -0.0883. The number of hydrogen-bond donors (Lipinski definition) is 1. The Balaban J connectivity index is 1.82. The van der Waals surface area contributed by atoms with Crippen LogP contribution in [0.5, 0.6) is 0 Å². The Morgan fingerprint density at radius 2 is 2.19 bits per heavy atom. The Morgan fingerprint density at radius 3 is 3.00 bits per heavy atom. The van der Waals surface area contributed by atoms with E-state index in [1.807, 2.05) is 22.9 Å². The maximum atomic E-state index is 13.2. The Labute approximate surface area is 124 Å². The number of rotatable bonds is 1. The normalized spacial score (nSPS) is 20.0. The number of hydrogen-bond acceptors (Lipinski definition) is 3. The Bertz CT molecular complexity index is 806. The Kier molecular flexibility index (Phi) is 2.68. The molecule has 0 atom stereocenters. The highest BCUT2D eigenvalue weighted by Crippen LogP contribution is 2.38. The summed E-state index contributed by atoms with van der Waals surface area (Å²) >= 11 is 1.62. The van der Waals surface area contributed by atoms with Crippen LogP contribution in [0.4, 0.5) is 10.1 Å². The first-order valence-electron chi connectivity index (χ1n) is 6.44. The molecule has 21 heavy (non-hydrogen) atoms. The van der Waals surface area contributed by atoms with E-state index in [1.54, 1.807) is 17.4 Å². The van der Waals surface area contributed by atoms with Gasteiger partial charge in [-0.25, -0.2) is 4.39 Å². The molecule has 0 unspecified atom stereocenters. The number of anilines is 1. The van der Waals surface area contributed by atoms with Crippen molar-refractivity contribution in [3.05, 3.63) is 63.8 Å². The van der Waals surface area contributed by atoms with Gasteiger partial charge >= 0.3 is 0 Å². The Morgan fingerprint density at radius 1 is 1.29 bits per heavy atom. The first-order chi connectivity index (χ1) is 10.2. The van der Waals surface area contributed by atoms with E-state index in [0.717, 1.165) is 11.1 Å². The zero-order valence-corrected chi connectivity index (χ0v) is 11.7. The number of ether oxygens (including phenoxy) is 1. The molecule has 0 spiro atoms. The van der Waals surface area contributed by atoms with E-state index in [9.17, 15) is 9.18 Å². The van der Waals surface area contributed by atoms with Gasteiger partial charge in [0.05, 0.1) is 11.3 Å². The molecule has 5 heteroatoms. The van der Waals surface area contributed by atoms with Crippen molar-refractivity contribution in [2.45, 2.75) is 0 Å². The van der Waals surface area contributed by atoms with Crippen LogP contribution in [-0.4, -0.2) is 12.5 Å².